The number of hydrogen-bond donors (Lipinski definition) is 1. The zero-order valence-electron chi connectivity index (χ0n) is 21.0. The minimum atomic E-state index is -0.837. The summed E-state index contributed by atoms with van der Waals surface area (Å²) in [5.41, 5.74) is 2.81. The van der Waals surface area contributed by atoms with Crippen molar-refractivity contribution in [3.63, 3.8) is 0 Å². The first-order valence-corrected chi connectivity index (χ1v) is 11.6. The first kappa shape index (κ1) is 32.6. The number of carbonyl (C=O) groups is 5. The number of ether oxygens (including phenoxy) is 1. The van der Waals surface area contributed by atoms with Crippen molar-refractivity contribution < 1.29 is 33.8 Å². The first-order valence-electron chi connectivity index (χ1n) is 11.6. The lowest BCUT2D eigenvalue weighted by Crippen LogP contribution is -2.01. The van der Waals surface area contributed by atoms with Crippen LogP contribution >= 0.6 is 0 Å². The van der Waals surface area contributed by atoms with Gasteiger partial charge >= 0.3 is 11.9 Å². The molecule has 0 bridgehead atoms. The SMILES string of the molecule is CC(=O)CCCC(=O)O.CC(=O)CCCCOC(C)=O.CC1=CC(=O)CC1.CC1=CCCC1. The van der Waals surface area contributed by atoms with Gasteiger partial charge in [0.1, 0.15) is 11.6 Å². The van der Waals surface area contributed by atoms with Crippen LogP contribution in [0.3, 0.4) is 0 Å². The highest BCUT2D eigenvalue weighted by Crippen LogP contribution is 2.15. The molecular weight excluding hydrogens is 424 g/mol. The predicted molar refractivity (Wildman–Crippen MR) is 129 cm³/mol. The molecule has 0 heterocycles. The molecule has 1 N–H and O–H groups in total. The Labute approximate surface area is 198 Å². The fraction of sp³-hybridized carbons (Fsp3) is 0.654. The number of esters is 1. The highest BCUT2D eigenvalue weighted by atomic mass is 16.5. The second-order valence-electron chi connectivity index (χ2n) is 8.35. The second-order valence-corrected chi connectivity index (χ2v) is 8.35. The van der Waals surface area contributed by atoms with Crippen LogP contribution < -0.4 is 0 Å². The third kappa shape index (κ3) is 29.4. The molecule has 0 aromatic heterocycles. The Kier molecular flexibility index (Phi) is 21.0. The van der Waals surface area contributed by atoms with Gasteiger partial charge in [0.25, 0.3) is 0 Å². The minimum Gasteiger partial charge on any atom is -0.481 e. The van der Waals surface area contributed by atoms with Gasteiger partial charge in [-0.05, 0) is 78.7 Å². The molecule has 0 radical (unpaired) electrons. The van der Waals surface area contributed by atoms with Crippen molar-refractivity contribution in [2.75, 3.05) is 6.61 Å². The third-order valence-electron chi connectivity index (χ3n) is 4.59. The summed E-state index contributed by atoms with van der Waals surface area (Å²) in [7, 11) is 0. The molecule has 0 aromatic rings. The molecule has 0 spiro atoms. The molecule has 7 nitrogen and oxygen atoms in total. The molecule has 0 saturated heterocycles. The Bertz CT molecular complexity index is 657. The molecule has 0 aliphatic heterocycles. The van der Waals surface area contributed by atoms with Gasteiger partial charge in [0.2, 0.25) is 0 Å². The van der Waals surface area contributed by atoms with E-state index in [0.29, 0.717) is 25.9 Å². The number of ketones is 3. The molecule has 0 atom stereocenters. The van der Waals surface area contributed by atoms with E-state index >= 15 is 0 Å². The minimum absolute atomic E-state index is 0.0521. The molecule has 0 fully saturated rings. The van der Waals surface area contributed by atoms with Crippen LogP contribution in [0.15, 0.2) is 23.3 Å². The fourth-order valence-electron chi connectivity index (χ4n) is 2.75. The Morgan fingerprint density at radius 3 is 1.76 bits per heavy atom. The number of aliphatic carboxylic acids is 1. The number of rotatable bonds is 9. The lowest BCUT2D eigenvalue weighted by atomic mass is 10.2. The number of hydrogen-bond acceptors (Lipinski definition) is 6. The molecule has 2 rings (SSSR count). The van der Waals surface area contributed by atoms with E-state index in [2.05, 4.69) is 17.7 Å². The molecule has 2 aliphatic carbocycles. The van der Waals surface area contributed by atoms with Gasteiger partial charge in [0.05, 0.1) is 6.61 Å². The summed E-state index contributed by atoms with van der Waals surface area (Å²) in [6.45, 7) is 9.03. The first-order chi connectivity index (χ1) is 15.4. The molecule has 0 unspecified atom stereocenters. The summed E-state index contributed by atoms with van der Waals surface area (Å²) >= 11 is 0. The van der Waals surface area contributed by atoms with Crippen LogP contribution in [0.1, 0.15) is 105 Å². The Morgan fingerprint density at radius 1 is 0.848 bits per heavy atom. The van der Waals surface area contributed by atoms with Crippen molar-refractivity contribution in [1.29, 1.82) is 0 Å². The van der Waals surface area contributed by atoms with E-state index in [0.717, 1.165) is 25.7 Å². The van der Waals surface area contributed by atoms with Gasteiger partial charge in [-0.25, -0.2) is 0 Å². The van der Waals surface area contributed by atoms with E-state index < -0.39 is 5.97 Å². The maximum absolute atomic E-state index is 10.4. The van der Waals surface area contributed by atoms with Crippen LogP contribution in [-0.2, 0) is 28.7 Å². The van der Waals surface area contributed by atoms with Crippen molar-refractivity contribution >= 4 is 29.3 Å². The van der Waals surface area contributed by atoms with E-state index in [4.69, 9.17) is 5.11 Å². The van der Waals surface area contributed by atoms with Crippen LogP contribution in [0.2, 0.25) is 0 Å². The summed E-state index contributed by atoms with van der Waals surface area (Å²) in [4.78, 5) is 51.2. The number of carbonyl (C=O) groups excluding carboxylic acids is 4. The predicted octanol–water partition coefficient (Wildman–Crippen LogP) is 5.55. The molecule has 0 amide bonds. The second kappa shape index (κ2) is 21.3. The normalized spacial score (nSPS) is 13.7. The molecule has 0 saturated carbocycles. The largest absolute Gasteiger partial charge is 0.481 e. The van der Waals surface area contributed by atoms with E-state index in [1.54, 1.807) is 18.6 Å². The van der Waals surface area contributed by atoms with Gasteiger partial charge in [0, 0.05) is 32.6 Å². The average Bonchev–Trinajstić information content (AvgIpc) is 3.32. The van der Waals surface area contributed by atoms with Gasteiger partial charge < -0.3 is 19.4 Å². The molecule has 2 aliphatic rings. The van der Waals surface area contributed by atoms with Gasteiger partial charge in [-0.2, -0.15) is 0 Å². The zero-order valence-corrected chi connectivity index (χ0v) is 21.0. The highest BCUT2D eigenvalue weighted by molar-refractivity contribution is 5.92. The Hall–Kier alpha value is -2.57. The van der Waals surface area contributed by atoms with Crippen molar-refractivity contribution in [2.24, 2.45) is 0 Å². The van der Waals surface area contributed by atoms with E-state index in [1.807, 2.05) is 6.92 Å². The Morgan fingerprint density at radius 2 is 1.45 bits per heavy atom. The fourth-order valence-corrected chi connectivity index (χ4v) is 2.75. The molecule has 188 valence electrons. The summed E-state index contributed by atoms with van der Waals surface area (Å²) < 4.78 is 4.67. The quantitative estimate of drug-likeness (QED) is 0.269. The number of unbranched alkanes of at least 4 members (excludes halogenated alkanes) is 1. The highest BCUT2D eigenvalue weighted by Gasteiger charge is 2.05. The Balaban J connectivity index is 0. The van der Waals surface area contributed by atoms with Crippen LogP contribution in [0.4, 0.5) is 0 Å². The smallest absolute Gasteiger partial charge is 0.303 e. The van der Waals surface area contributed by atoms with E-state index in [9.17, 15) is 24.0 Å². The zero-order chi connectivity index (χ0) is 25.6. The third-order valence-corrected chi connectivity index (χ3v) is 4.59. The van der Waals surface area contributed by atoms with Gasteiger partial charge in [-0.3, -0.25) is 14.4 Å². The maximum Gasteiger partial charge on any atom is 0.303 e. The van der Waals surface area contributed by atoms with Crippen molar-refractivity contribution in [1.82, 2.24) is 0 Å². The van der Waals surface area contributed by atoms with Crippen LogP contribution in [-0.4, -0.2) is 41.0 Å². The van der Waals surface area contributed by atoms with Gasteiger partial charge in [0.15, 0.2) is 5.78 Å². The molecule has 0 aromatic carbocycles. The number of carboxylic acid groups (broad SMARTS) is 1. The topological polar surface area (TPSA) is 115 Å². The maximum atomic E-state index is 10.4. The summed E-state index contributed by atoms with van der Waals surface area (Å²) in [5.74, 6) is -0.564. The molecule has 33 heavy (non-hydrogen) atoms. The monoisotopic (exact) mass is 466 g/mol. The number of carboxylic acids is 1. The van der Waals surface area contributed by atoms with Gasteiger partial charge in [-0.1, -0.05) is 17.2 Å². The van der Waals surface area contributed by atoms with Crippen LogP contribution in [0.25, 0.3) is 0 Å². The summed E-state index contributed by atoms with van der Waals surface area (Å²) in [6.07, 6.45) is 12.9. The lowest BCUT2D eigenvalue weighted by Gasteiger charge is -1.99. The van der Waals surface area contributed by atoms with E-state index in [1.165, 1.54) is 38.7 Å². The summed E-state index contributed by atoms with van der Waals surface area (Å²) in [5, 5.41) is 8.12. The lowest BCUT2D eigenvalue weighted by molar-refractivity contribution is -0.141. The van der Waals surface area contributed by atoms with Crippen molar-refractivity contribution in [3.8, 4) is 0 Å². The van der Waals surface area contributed by atoms with Crippen LogP contribution in [0, 0.1) is 0 Å². The number of Topliss-reactive ketones (excluding diaryl/α,β-unsaturated/α-hetero) is 2. The molecular formula is C26H42O7. The van der Waals surface area contributed by atoms with Crippen molar-refractivity contribution in [2.45, 2.75) is 105 Å². The summed E-state index contributed by atoms with van der Waals surface area (Å²) in [6, 6.07) is 0. The van der Waals surface area contributed by atoms with E-state index in [-0.39, 0.29) is 29.7 Å². The standard InChI is InChI=1S/C8H14O3.C6H10O3.C6H8O.C6H10/c1-7(9)5-3-4-6-11-8(2)10;1-5(7)3-2-4-6(8)9;1-5-2-3-6(7)4-5;1-6-4-2-3-5-6/h3-6H2,1-2H3;2-4H2,1H3,(H,8,9);4H,2-3H2,1H3;4H,2-3,5H2,1H3. The van der Waals surface area contributed by atoms with Crippen molar-refractivity contribution in [3.05, 3.63) is 23.3 Å². The molecule has 7 heteroatoms. The average molecular weight is 467 g/mol. The number of allylic oxidation sites excluding steroid dienone is 4. The van der Waals surface area contributed by atoms with Crippen LogP contribution in [0.5, 0.6) is 0 Å². The van der Waals surface area contributed by atoms with Gasteiger partial charge in [-0.15, -0.1) is 0 Å².